The van der Waals surface area contributed by atoms with Gasteiger partial charge in [0.1, 0.15) is 0 Å². The maximum Gasteiger partial charge on any atom is 0.222 e. The van der Waals surface area contributed by atoms with Gasteiger partial charge in [0.2, 0.25) is 5.91 Å². The van der Waals surface area contributed by atoms with Crippen molar-refractivity contribution in [2.24, 2.45) is 0 Å². The monoisotopic (exact) mass is 238 g/mol. The average Bonchev–Trinajstić information content (AvgIpc) is 2.90. The normalized spacial score (nSPS) is 19.4. The minimum Gasteiger partial charge on any atom is -0.396 e. The molecule has 2 rings (SSSR count). The minimum absolute atomic E-state index is 0.0389. The zero-order chi connectivity index (χ0) is 12.1. The summed E-state index contributed by atoms with van der Waals surface area (Å²) >= 11 is 0. The zero-order valence-electron chi connectivity index (χ0n) is 9.76. The molecule has 0 aromatic carbocycles. The largest absolute Gasteiger partial charge is 0.396 e. The molecule has 1 atom stereocenters. The molecule has 94 valence electrons. The Morgan fingerprint density at radius 1 is 1.71 bits per heavy atom. The number of nitrogens with two attached hydrogens (primary N) is 1. The fraction of sp³-hybridized carbons (Fsp3) is 0.636. The van der Waals surface area contributed by atoms with E-state index in [0.29, 0.717) is 25.2 Å². The molecule has 6 nitrogen and oxygen atoms in total. The lowest BCUT2D eigenvalue weighted by molar-refractivity contribution is -0.123. The second kappa shape index (κ2) is 5.67. The van der Waals surface area contributed by atoms with E-state index in [9.17, 15) is 4.79 Å². The Kier molecular flexibility index (Phi) is 3.98. The van der Waals surface area contributed by atoms with Gasteiger partial charge in [0.25, 0.3) is 0 Å². The van der Waals surface area contributed by atoms with E-state index in [1.165, 1.54) is 0 Å². The van der Waals surface area contributed by atoms with E-state index in [0.717, 1.165) is 19.4 Å². The van der Waals surface area contributed by atoms with Crippen molar-refractivity contribution in [3.63, 3.8) is 0 Å². The van der Waals surface area contributed by atoms with Crippen LogP contribution in [0.3, 0.4) is 0 Å². The third kappa shape index (κ3) is 3.74. The molecule has 0 radical (unpaired) electrons. The summed E-state index contributed by atoms with van der Waals surface area (Å²) < 4.78 is 7.11. The molecule has 1 unspecified atom stereocenters. The van der Waals surface area contributed by atoms with Gasteiger partial charge >= 0.3 is 0 Å². The highest BCUT2D eigenvalue weighted by Crippen LogP contribution is 2.14. The predicted molar refractivity (Wildman–Crippen MR) is 63.2 cm³/mol. The van der Waals surface area contributed by atoms with Crippen molar-refractivity contribution in [2.45, 2.75) is 31.9 Å². The van der Waals surface area contributed by atoms with Crippen molar-refractivity contribution in [3.8, 4) is 0 Å². The van der Waals surface area contributed by atoms with Crippen LogP contribution in [0.15, 0.2) is 12.4 Å². The summed E-state index contributed by atoms with van der Waals surface area (Å²) in [5.74, 6) is 0.0389. The summed E-state index contributed by atoms with van der Waals surface area (Å²) in [4.78, 5) is 11.5. The Hall–Kier alpha value is -1.56. The maximum atomic E-state index is 11.5. The molecule has 1 aromatic rings. The van der Waals surface area contributed by atoms with Crippen molar-refractivity contribution in [3.05, 3.63) is 12.4 Å². The molecule has 0 aliphatic carbocycles. The van der Waals surface area contributed by atoms with E-state index in [2.05, 4.69) is 10.4 Å². The van der Waals surface area contributed by atoms with E-state index in [1.807, 2.05) is 0 Å². The van der Waals surface area contributed by atoms with Gasteiger partial charge < -0.3 is 15.8 Å². The molecular weight excluding hydrogens is 220 g/mol. The fourth-order valence-corrected chi connectivity index (χ4v) is 1.90. The lowest BCUT2D eigenvalue weighted by Crippen LogP contribution is -2.30. The van der Waals surface area contributed by atoms with Gasteiger partial charge in [-0.25, -0.2) is 0 Å². The molecule has 3 N–H and O–H groups in total. The molecule has 6 heteroatoms. The second-order valence-corrected chi connectivity index (χ2v) is 4.23. The SMILES string of the molecule is Nc1cnn(CCNC(=O)CC2CCCO2)c1. The van der Waals surface area contributed by atoms with Crippen LogP contribution in [-0.4, -0.2) is 34.9 Å². The number of carbonyl (C=O) groups excluding carboxylic acids is 1. The molecule has 1 aromatic heterocycles. The summed E-state index contributed by atoms with van der Waals surface area (Å²) in [5.41, 5.74) is 6.17. The number of hydrogen-bond donors (Lipinski definition) is 2. The van der Waals surface area contributed by atoms with Crippen molar-refractivity contribution in [1.82, 2.24) is 15.1 Å². The minimum atomic E-state index is 0.0389. The highest BCUT2D eigenvalue weighted by Gasteiger charge is 2.18. The van der Waals surface area contributed by atoms with Gasteiger partial charge in [0.05, 0.1) is 31.0 Å². The first-order chi connectivity index (χ1) is 8.24. The highest BCUT2D eigenvalue weighted by atomic mass is 16.5. The van der Waals surface area contributed by atoms with Gasteiger partial charge in [-0.2, -0.15) is 5.10 Å². The molecule has 17 heavy (non-hydrogen) atoms. The first-order valence-corrected chi connectivity index (χ1v) is 5.90. The van der Waals surface area contributed by atoms with Crippen molar-refractivity contribution in [1.29, 1.82) is 0 Å². The smallest absolute Gasteiger partial charge is 0.222 e. The molecule has 0 spiro atoms. The van der Waals surface area contributed by atoms with Crippen LogP contribution in [0, 0.1) is 0 Å². The van der Waals surface area contributed by atoms with E-state index in [1.54, 1.807) is 17.1 Å². The van der Waals surface area contributed by atoms with Gasteiger partial charge in [-0.15, -0.1) is 0 Å². The number of nitrogens with zero attached hydrogens (tertiary/aromatic N) is 2. The molecule has 1 aliphatic heterocycles. The van der Waals surface area contributed by atoms with E-state index in [-0.39, 0.29) is 12.0 Å². The molecule has 0 saturated carbocycles. The van der Waals surface area contributed by atoms with Gasteiger partial charge in [0.15, 0.2) is 0 Å². The zero-order valence-corrected chi connectivity index (χ0v) is 9.76. The quantitative estimate of drug-likeness (QED) is 0.765. The summed E-state index contributed by atoms with van der Waals surface area (Å²) in [6.45, 7) is 1.98. The van der Waals surface area contributed by atoms with Gasteiger partial charge in [-0.1, -0.05) is 0 Å². The number of anilines is 1. The van der Waals surface area contributed by atoms with Gasteiger partial charge in [-0.05, 0) is 12.8 Å². The molecule has 0 bridgehead atoms. The third-order valence-electron chi connectivity index (χ3n) is 2.75. The number of aromatic nitrogens is 2. The van der Waals surface area contributed by atoms with E-state index >= 15 is 0 Å². The molecule has 1 amide bonds. The first kappa shape index (κ1) is 11.9. The number of nitrogen functional groups attached to an aromatic ring is 1. The standard InChI is InChI=1S/C11H18N4O2/c12-9-7-14-15(8-9)4-3-13-11(16)6-10-2-1-5-17-10/h7-8,10H,1-6,12H2,(H,13,16). The van der Waals surface area contributed by atoms with Crippen LogP contribution in [0.2, 0.25) is 0 Å². The number of hydrogen-bond acceptors (Lipinski definition) is 4. The predicted octanol–water partition coefficient (Wildman–Crippen LogP) is 0.151. The van der Waals surface area contributed by atoms with Crippen LogP contribution in [0.25, 0.3) is 0 Å². The maximum absolute atomic E-state index is 11.5. The van der Waals surface area contributed by atoms with Crippen LogP contribution in [0.1, 0.15) is 19.3 Å². The molecular formula is C11H18N4O2. The van der Waals surface area contributed by atoms with E-state index < -0.39 is 0 Å². The topological polar surface area (TPSA) is 82.2 Å². The number of nitrogens with one attached hydrogen (secondary N) is 1. The lowest BCUT2D eigenvalue weighted by Gasteiger charge is -2.09. The van der Waals surface area contributed by atoms with Gasteiger partial charge in [0, 0.05) is 19.3 Å². The average molecular weight is 238 g/mol. The van der Waals surface area contributed by atoms with Crippen molar-refractivity contribution >= 4 is 11.6 Å². The number of carbonyl (C=O) groups is 1. The Morgan fingerprint density at radius 3 is 3.24 bits per heavy atom. The summed E-state index contributed by atoms with van der Waals surface area (Å²) in [6, 6.07) is 0. The summed E-state index contributed by atoms with van der Waals surface area (Å²) in [7, 11) is 0. The van der Waals surface area contributed by atoms with Crippen LogP contribution in [0.4, 0.5) is 5.69 Å². The molecule has 1 aliphatic rings. The number of rotatable bonds is 5. The van der Waals surface area contributed by atoms with Crippen molar-refractivity contribution in [2.75, 3.05) is 18.9 Å². The van der Waals surface area contributed by atoms with Crippen LogP contribution >= 0.6 is 0 Å². The van der Waals surface area contributed by atoms with Gasteiger partial charge in [-0.3, -0.25) is 9.48 Å². The Morgan fingerprint density at radius 2 is 2.59 bits per heavy atom. The Bertz CT molecular complexity index is 371. The number of ether oxygens (including phenoxy) is 1. The summed E-state index contributed by atoms with van der Waals surface area (Å²) in [6.07, 6.45) is 5.95. The fourth-order valence-electron chi connectivity index (χ4n) is 1.90. The third-order valence-corrected chi connectivity index (χ3v) is 2.75. The molecule has 1 saturated heterocycles. The van der Waals surface area contributed by atoms with Crippen LogP contribution in [-0.2, 0) is 16.1 Å². The van der Waals surface area contributed by atoms with Crippen LogP contribution < -0.4 is 11.1 Å². The Balaban J connectivity index is 1.62. The molecule has 1 fully saturated rings. The lowest BCUT2D eigenvalue weighted by atomic mass is 10.2. The number of amides is 1. The summed E-state index contributed by atoms with van der Waals surface area (Å²) in [5, 5.41) is 6.88. The van der Waals surface area contributed by atoms with Crippen LogP contribution in [0.5, 0.6) is 0 Å². The second-order valence-electron chi connectivity index (χ2n) is 4.23. The Labute approximate surface area is 100 Å². The highest BCUT2D eigenvalue weighted by molar-refractivity contribution is 5.76. The molecule has 2 heterocycles. The van der Waals surface area contributed by atoms with E-state index in [4.69, 9.17) is 10.5 Å². The first-order valence-electron chi connectivity index (χ1n) is 5.90. The van der Waals surface area contributed by atoms with Crippen molar-refractivity contribution < 1.29 is 9.53 Å².